The second-order valence-corrected chi connectivity index (χ2v) is 7.01. The minimum Gasteiger partial charge on any atom is -0.326 e. The van der Waals surface area contributed by atoms with Crippen molar-refractivity contribution in [2.24, 2.45) is 0 Å². The Labute approximate surface area is 170 Å². The third-order valence-electron chi connectivity index (χ3n) is 4.29. The fourth-order valence-electron chi connectivity index (χ4n) is 2.80. The van der Waals surface area contributed by atoms with E-state index in [2.05, 4.69) is 17.6 Å². The molecule has 4 nitrogen and oxygen atoms in total. The van der Waals surface area contributed by atoms with E-state index in [0.717, 1.165) is 17.0 Å². The van der Waals surface area contributed by atoms with Crippen LogP contribution >= 0.6 is 12.6 Å². The summed E-state index contributed by atoms with van der Waals surface area (Å²) in [6.45, 7) is 1.65. The first-order chi connectivity index (χ1) is 13.6. The SMILES string of the molecule is Cc1ccc(C(=O)N(Cc2ccc(S)cc2)c2cccc(C(F)(F)F)c2)c(=O)[nH]1. The lowest BCUT2D eigenvalue weighted by molar-refractivity contribution is -0.137. The van der Waals surface area contributed by atoms with Gasteiger partial charge in [0.15, 0.2) is 0 Å². The number of aryl methyl sites for hydroxylation is 1. The van der Waals surface area contributed by atoms with Crippen LogP contribution in [0.15, 0.2) is 70.4 Å². The number of aromatic amines is 1. The molecule has 0 spiro atoms. The lowest BCUT2D eigenvalue weighted by atomic mass is 10.1. The molecule has 0 atom stereocenters. The van der Waals surface area contributed by atoms with E-state index in [4.69, 9.17) is 0 Å². The molecular formula is C21H17F3N2O2S. The van der Waals surface area contributed by atoms with Crippen LogP contribution in [0.5, 0.6) is 0 Å². The van der Waals surface area contributed by atoms with Crippen molar-refractivity contribution in [2.75, 3.05) is 4.90 Å². The fourth-order valence-corrected chi connectivity index (χ4v) is 2.95. The number of H-pyrrole nitrogens is 1. The minimum absolute atomic E-state index is 0.0124. The van der Waals surface area contributed by atoms with Gasteiger partial charge in [0, 0.05) is 16.3 Å². The highest BCUT2D eigenvalue weighted by molar-refractivity contribution is 7.80. The van der Waals surface area contributed by atoms with Crippen LogP contribution in [0, 0.1) is 6.92 Å². The summed E-state index contributed by atoms with van der Waals surface area (Å²) >= 11 is 4.21. The molecule has 0 fully saturated rings. The van der Waals surface area contributed by atoms with E-state index in [-0.39, 0.29) is 17.8 Å². The van der Waals surface area contributed by atoms with Crippen molar-refractivity contribution in [3.05, 3.63) is 93.4 Å². The quantitative estimate of drug-likeness (QED) is 0.596. The minimum atomic E-state index is -4.56. The normalized spacial score (nSPS) is 11.3. The van der Waals surface area contributed by atoms with Gasteiger partial charge in [-0.3, -0.25) is 9.59 Å². The Morgan fingerprint density at radius 1 is 1.07 bits per heavy atom. The van der Waals surface area contributed by atoms with Crippen molar-refractivity contribution in [1.82, 2.24) is 4.98 Å². The van der Waals surface area contributed by atoms with Gasteiger partial charge in [-0.25, -0.2) is 0 Å². The van der Waals surface area contributed by atoms with Crippen molar-refractivity contribution < 1.29 is 18.0 Å². The highest BCUT2D eigenvalue weighted by Crippen LogP contribution is 2.32. The molecule has 1 N–H and O–H groups in total. The fraction of sp³-hybridized carbons (Fsp3) is 0.143. The van der Waals surface area contributed by atoms with E-state index < -0.39 is 23.2 Å². The largest absolute Gasteiger partial charge is 0.416 e. The van der Waals surface area contributed by atoms with E-state index in [9.17, 15) is 22.8 Å². The molecule has 0 saturated carbocycles. The molecule has 1 amide bonds. The molecule has 8 heteroatoms. The van der Waals surface area contributed by atoms with Crippen LogP contribution in [-0.2, 0) is 12.7 Å². The van der Waals surface area contributed by atoms with Crippen LogP contribution in [0.2, 0.25) is 0 Å². The Bertz CT molecular complexity index is 1090. The summed E-state index contributed by atoms with van der Waals surface area (Å²) in [5.74, 6) is -0.694. The predicted octanol–water partition coefficient (Wildman–Crippen LogP) is 4.84. The van der Waals surface area contributed by atoms with Gasteiger partial charge in [0.2, 0.25) is 0 Å². The van der Waals surface area contributed by atoms with Gasteiger partial charge in [-0.15, -0.1) is 12.6 Å². The number of carbonyl (C=O) groups is 1. The van der Waals surface area contributed by atoms with Gasteiger partial charge < -0.3 is 9.88 Å². The number of halogens is 3. The summed E-state index contributed by atoms with van der Waals surface area (Å²) in [5.41, 5.74) is -0.341. The first-order valence-electron chi connectivity index (χ1n) is 8.62. The molecule has 0 unspecified atom stereocenters. The number of nitrogens with zero attached hydrogens (tertiary/aromatic N) is 1. The first-order valence-corrected chi connectivity index (χ1v) is 9.07. The van der Waals surface area contributed by atoms with E-state index in [1.54, 1.807) is 37.3 Å². The lowest BCUT2D eigenvalue weighted by Gasteiger charge is -2.24. The van der Waals surface area contributed by atoms with Gasteiger partial charge >= 0.3 is 6.18 Å². The van der Waals surface area contributed by atoms with Gasteiger partial charge in [-0.05, 0) is 55.0 Å². The van der Waals surface area contributed by atoms with Crippen molar-refractivity contribution in [2.45, 2.75) is 24.5 Å². The van der Waals surface area contributed by atoms with Crippen LogP contribution in [0.25, 0.3) is 0 Å². The molecule has 1 aromatic heterocycles. The van der Waals surface area contributed by atoms with Gasteiger partial charge in [0.25, 0.3) is 11.5 Å². The number of hydrogen-bond donors (Lipinski definition) is 2. The number of pyridine rings is 1. The Kier molecular flexibility index (Phi) is 5.83. The number of hydrogen-bond acceptors (Lipinski definition) is 3. The monoisotopic (exact) mass is 418 g/mol. The number of nitrogens with one attached hydrogen (secondary N) is 1. The third kappa shape index (κ3) is 4.89. The number of carbonyl (C=O) groups excluding carboxylic acids is 1. The number of thiol groups is 1. The van der Waals surface area contributed by atoms with Crippen LogP contribution in [0.1, 0.15) is 27.2 Å². The second-order valence-electron chi connectivity index (χ2n) is 6.49. The maximum atomic E-state index is 13.2. The number of benzene rings is 2. The van der Waals surface area contributed by atoms with E-state index in [0.29, 0.717) is 16.2 Å². The van der Waals surface area contributed by atoms with E-state index in [1.165, 1.54) is 18.2 Å². The zero-order chi connectivity index (χ0) is 21.2. The summed E-state index contributed by atoms with van der Waals surface area (Å²) in [6, 6.07) is 14.3. The molecule has 0 aliphatic heterocycles. The molecule has 1 heterocycles. The number of rotatable bonds is 4. The van der Waals surface area contributed by atoms with Crippen LogP contribution in [0.3, 0.4) is 0 Å². The molecule has 29 heavy (non-hydrogen) atoms. The van der Waals surface area contributed by atoms with Gasteiger partial charge in [-0.1, -0.05) is 18.2 Å². The molecule has 150 valence electrons. The highest BCUT2D eigenvalue weighted by atomic mass is 32.1. The van der Waals surface area contributed by atoms with Gasteiger partial charge in [0.1, 0.15) is 5.56 Å². The topological polar surface area (TPSA) is 53.2 Å². The Balaban J connectivity index is 2.07. The number of alkyl halides is 3. The van der Waals surface area contributed by atoms with Crippen LogP contribution < -0.4 is 10.5 Å². The van der Waals surface area contributed by atoms with Crippen LogP contribution in [0.4, 0.5) is 18.9 Å². The Morgan fingerprint density at radius 3 is 2.38 bits per heavy atom. The molecule has 0 radical (unpaired) electrons. The zero-order valence-electron chi connectivity index (χ0n) is 15.3. The smallest absolute Gasteiger partial charge is 0.326 e. The molecule has 0 bridgehead atoms. The Hall–Kier alpha value is -3.00. The summed E-state index contributed by atoms with van der Waals surface area (Å²) in [4.78, 5) is 29.8. The average Bonchev–Trinajstić information content (AvgIpc) is 2.66. The molecule has 0 saturated heterocycles. The number of amides is 1. The molecule has 0 aliphatic carbocycles. The average molecular weight is 418 g/mol. The molecule has 3 aromatic rings. The predicted molar refractivity (Wildman–Crippen MR) is 107 cm³/mol. The third-order valence-corrected chi connectivity index (χ3v) is 4.59. The van der Waals surface area contributed by atoms with Crippen LogP contribution in [-0.4, -0.2) is 10.9 Å². The molecule has 2 aromatic carbocycles. The first kappa shape index (κ1) is 20.7. The van der Waals surface area contributed by atoms with Crippen molar-refractivity contribution in [1.29, 1.82) is 0 Å². The number of anilines is 1. The van der Waals surface area contributed by atoms with E-state index >= 15 is 0 Å². The van der Waals surface area contributed by atoms with Crippen molar-refractivity contribution >= 4 is 24.2 Å². The lowest BCUT2D eigenvalue weighted by Crippen LogP contribution is -2.34. The zero-order valence-corrected chi connectivity index (χ0v) is 16.2. The molecular weight excluding hydrogens is 401 g/mol. The summed E-state index contributed by atoms with van der Waals surface area (Å²) in [6.07, 6.45) is -4.56. The summed E-state index contributed by atoms with van der Waals surface area (Å²) < 4.78 is 39.5. The number of aromatic nitrogens is 1. The summed E-state index contributed by atoms with van der Waals surface area (Å²) in [7, 11) is 0. The van der Waals surface area contributed by atoms with Gasteiger partial charge in [-0.2, -0.15) is 13.2 Å². The molecule has 3 rings (SSSR count). The van der Waals surface area contributed by atoms with E-state index in [1.807, 2.05) is 0 Å². The summed E-state index contributed by atoms with van der Waals surface area (Å²) in [5, 5.41) is 0. The molecule has 0 aliphatic rings. The maximum Gasteiger partial charge on any atom is 0.416 e. The second kappa shape index (κ2) is 8.16. The maximum absolute atomic E-state index is 13.2. The van der Waals surface area contributed by atoms with Crippen molar-refractivity contribution in [3.8, 4) is 0 Å². The van der Waals surface area contributed by atoms with Gasteiger partial charge in [0.05, 0.1) is 12.1 Å². The van der Waals surface area contributed by atoms with Crippen molar-refractivity contribution in [3.63, 3.8) is 0 Å². The highest BCUT2D eigenvalue weighted by Gasteiger charge is 2.31. The standard InChI is InChI=1S/C21H17F3N2O2S/c1-13-5-10-18(19(27)25-13)20(28)26(12-14-6-8-17(29)9-7-14)16-4-2-3-15(11-16)21(22,23)24/h2-11,29H,12H2,1H3,(H,25,27). The Morgan fingerprint density at radius 2 is 1.76 bits per heavy atom.